The molecule has 1 heterocycles. The van der Waals surface area contributed by atoms with Gasteiger partial charge in [0.2, 0.25) is 0 Å². The fourth-order valence-electron chi connectivity index (χ4n) is 2.65. The van der Waals surface area contributed by atoms with E-state index >= 15 is 0 Å². The van der Waals surface area contributed by atoms with Crippen LogP contribution in [0, 0.1) is 0 Å². The van der Waals surface area contributed by atoms with E-state index in [1.54, 1.807) is 29.2 Å². The van der Waals surface area contributed by atoms with Gasteiger partial charge in [-0.2, -0.15) is 0 Å². The number of amides is 3. The van der Waals surface area contributed by atoms with Gasteiger partial charge in [0.1, 0.15) is 0 Å². The maximum absolute atomic E-state index is 12.3. The maximum Gasteiger partial charge on any atom is 0.321 e. The van der Waals surface area contributed by atoms with Crippen LogP contribution in [0.1, 0.15) is 17.3 Å². The molecule has 7 heteroatoms. The Morgan fingerprint density at radius 1 is 1.35 bits per heavy atom. The summed E-state index contributed by atoms with van der Waals surface area (Å²) in [5.41, 5.74) is 1.05. The first-order chi connectivity index (χ1) is 10.9. The quantitative estimate of drug-likeness (QED) is 0.757. The van der Waals surface area contributed by atoms with E-state index in [0.29, 0.717) is 30.9 Å². The standard InChI is InChI=1S/C16H24N4O3/c1-4-17-15(22)11-6-5-7-12(8-11)18-16(23)20-9-13(19(2)3)14(21)10-20/h5-8,13-14,21H,4,9-10H2,1-3H3,(H,17,22)(H,18,23)/t13-,14-/m0/s1. The molecule has 0 aliphatic carbocycles. The van der Waals surface area contributed by atoms with Crippen LogP contribution < -0.4 is 10.6 Å². The average Bonchev–Trinajstić information content (AvgIpc) is 2.90. The summed E-state index contributed by atoms with van der Waals surface area (Å²) in [7, 11) is 3.76. The molecule has 0 radical (unpaired) electrons. The van der Waals surface area contributed by atoms with Gasteiger partial charge in [-0.3, -0.25) is 4.79 Å². The van der Waals surface area contributed by atoms with Crippen LogP contribution >= 0.6 is 0 Å². The molecule has 23 heavy (non-hydrogen) atoms. The highest BCUT2D eigenvalue weighted by Gasteiger charge is 2.35. The molecule has 1 saturated heterocycles. The van der Waals surface area contributed by atoms with Crippen molar-refractivity contribution in [2.24, 2.45) is 0 Å². The third-order valence-corrected chi connectivity index (χ3v) is 3.92. The zero-order valence-corrected chi connectivity index (χ0v) is 13.7. The summed E-state index contributed by atoms with van der Waals surface area (Å²) in [6.45, 7) is 3.16. The fourth-order valence-corrected chi connectivity index (χ4v) is 2.65. The second kappa shape index (κ2) is 7.43. The van der Waals surface area contributed by atoms with Crippen molar-refractivity contribution in [1.29, 1.82) is 0 Å². The average molecular weight is 320 g/mol. The number of nitrogens with one attached hydrogen (secondary N) is 2. The van der Waals surface area contributed by atoms with Gasteiger partial charge in [-0.1, -0.05) is 6.07 Å². The lowest BCUT2D eigenvalue weighted by Gasteiger charge is -2.21. The molecule has 2 atom stereocenters. The lowest BCUT2D eigenvalue weighted by atomic mass is 10.2. The SMILES string of the molecule is CCNC(=O)c1cccc(NC(=O)N2C[C@H](O)[C@@H](N(C)C)C2)c1. The summed E-state index contributed by atoms with van der Waals surface area (Å²) in [6, 6.07) is 6.45. The van der Waals surface area contributed by atoms with Gasteiger partial charge < -0.3 is 25.5 Å². The van der Waals surface area contributed by atoms with Crippen molar-refractivity contribution >= 4 is 17.6 Å². The molecule has 1 aromatic carbocycles. The molecule has 1 aromatic rings. The molecule has 126 valence electrons. The lowest BCUT2D eigenvalue weighted by molar-refractivity contribution is 0.0955. The number of aliphatic hydroxyl groups is 1. The molecule has 1 aliphatic heterocycles. The Hall–Kier alpha value is -2.12. The molecule has 2 rings (SSSR count). The van der Waals surface area contributed by atoms with Crippen LogP contribution in [0.15, 0.2) is 24.3 Å². The minimum Gasteiger partial charge on any atom is -0.390 e. The van der Waals surface area contributed by atoms with Crippen molar-refractivity contribution in [1.82, 2.24) is 15.1 Å². The molecular formula is C16H24N4O3. The first-order valence-electron chi connectivity index (χ1n) is 7.71. The monoisotopic (exact) mass is 320 g/mol. The van der Waals surface area contributed by atoms with E-state index in [2.05, 4.69) is 10.6 Å². The first kappa shape index (κ1) is 17.2. The molecule has 0 aromatic heterocycles. The third-order valence-electron chi connectivity index (χ3n) is 3.92. The molecule has 0 spiro atoms. The second-order valence-corrected chi connectivity index (χ2v) is 5.87. The summed E-state index contributed by atoms with van der Waals surface area (Å²) in [6.07, 6.45) is -0.558. The number of anilines is 1. The van der Waals surface area contributed by atoms with Crippen LogP contribution in [0.2, 0.25) is 0 Å². The molecule has 0 unspecified atom stereocenters. The predicted molar refractivity (Wildman–Crippen MR) is 88.5 cm³/mol. The van der Waals surface area contributed by atoms with Gasteiger partial charge in [0.05, 0.1) is 18.7 Å². The van der Waals surface area contributed by atoms with E-state index in [0.717, 1.165) is 0 Å². The van der Waals surface area contributed by atoms with Crippen LogP contribution in [0.25, 0.3) is 0 Å². The summed E-state index contributed by atoms with van der Waals surface area (Å²) in [5, 5.41) is 15.5. The van der Waals surface area contributed by atoms with Crippen LogP contribution in [0.4, 0.5) is 10.5 Å². The van der Waals surface area contributed by atoms with Crippen molar-refractivity contribution < 1.29 is 14.7 Å². The molecule has 7 nitrogen and oxygen atoms in total. The number of aliphatic hydroxyl groups excluding tert-OH is 1. The zero-order valence-electron chi connectivity index (χ0n) is 13.7. The molecule has 0 bridgehead atoms. The number of likely N-dealkylation sites (N-methyl/N-ethyl adjacent to an activating group) is 1. The van der Waals surface area contributed by atoms with Crippen LogP contribution in [0.5, 0.6) is 0 Å². The van der Waals surface area contributed by atoms with Crippen molar-refractivity contribution in [3.63, 3.8) is 0 Å². The number of rotatable bonds is 4. The summed E-state index contributed by atoms with van der Waals surface area (Å²) in [4.78, 5) is 27.6. The number of hydrogen-bond acceptors (Lipinski definition) is 4. The van der Waals surface area contributed by atoms with E-state index in [1.165, 1.54) is 0 Å². The van der Waals surface area contributed by atoms with Gasteiger partial charge in [-0.05, 0) is 39.2 Å². The van der Waals surface area contributed by atoms with Gasteiger partial charge >= 0.3 is 6.03 Å². The van der Waals surface area contributed by atoms with Crippen molar-refractivity contribution in [3.8, 4) is 0 Å². The Labute approximate surface area is 136 Å². The maximum atomic E-state index is 12.3. The summed E-state index contributed by atoms with van der Waals surface area (Å²) >= 11 is 0. The minimum absolute atomic E-state index is 0.0672. The Morgan fingerprint density at radius 2 is 2.09 bits per heavy atom. The largest absolute Gasteiger partial charge is 0.390 e. The van der Waals surface area contributed by atoms with Crippen LogP contribution in [-0.2, 0) is 0 Å². The predicted octanol–water partition coefficient (Wildman–Crippen LogP) is 0.575. The summed E-state index contributed by atoms with van der Waals surface area (Å²) < 4.78 is 0. The van der Waals surface area contributed by atoms with E-state index < -0.39 is 6.10 Å². The molecule has 3 amide bonds. The van der Waals surface area contributed by atoms with Gasteiger partial charge in [0.15, 0.2) is 0 Å². The van der Waals surface area contributed by atoms with E-state index in [-0.39, 0.29) is 18.0 Å². The number of benzene rings is 1. The number of urea groups is 1. The highest BCUT2D eigenvalue weighted by molar-refractivity contribution is 5.96. The van der Waals surface area contributed by atoms with Crippen molar-refractivity contribution in [2.75, 3.05) is 39.0 Å². The van der Waals surface area contributed by atoms with E-state index in [9.17, 15) is 14.7 Å². The number of likely N-dealkylation sites (tertiary alicyclic amines) is 1. The number of nitrogens with zero attached hydrogens (tertiary/aromatic N) is 2. The summed E-state index contributed by atoms with van der Waals surface area (Å²) in [5.74, 6) is -0.173. The van der Waals surface area contributed by atoms with Gasteiger partial charge in [0, 0.05) is 24.3 Å². The Kier molecular flexibility index (Phi) is 5.57. The molecule has 1 fully saturated rings. The molecule has 3 N–H and O–H groups in total. The molecular weight excluding hydrogens is 296 g/mol. The Morgan fingerprint density at radius 3 is 2.70 bits per heavy atom. The van der Waals surface area contributed by atoms with E-state index in [1.807, 2.05) is 25.9 Å². The van der Waals surface area contributed by atoms with Crippen molar-refractivity contribution in [3.05, 3.63) is 29.8 Å². The third kappa shape index (κ3) is 4.20. The molecule has 1 aliphatic rings. The number of hydrogen-bond donors (Lipinski definition) is 3. The highest BCUT2D eigenvalue weighted by atomic mass is 16.3. The number of β-amino-alcohol motifs (C(OH)–C–C–N with tert-alkyl or cyclic N) is 1. The number of carbonyl (C=O) groups excluding carboxylic acids is 2. The second-order valence-electron chi connectivity index (χ2n) is 5.87. The van der Waals surface area contributed by atoms with Gasteiger partial charge in [0.25, 0.3) is 5.91 Å². The van der Waals surface area contributed by atoms with Crippen LogP contribution in [-0.4, -0.2) is 72.7 Å². The smallest absolute Gasteiger partial charge is 0.321 e. The first-order valence-corrected chi connectivity index (χ1v) is 7.71. The minimum atomic E-state index is -0.558. The fraction of sp³-hybridized carbons (Fsp3) is 0.500. The Bertz CT molecular complexity index is 576. The van der Waals surface area contributed by atoms with Gasteiger partial charge in [-0.25, -0.2) is 4.79 Å². The molecule has 0 saturated carbocycles. The lowest BCUT2D eigenvalue weighted by Crippen LogP contribution is -2.38. The number of carbonyl (C=O) groups is 2. The van der Waals surface area contributed by atoms with E-state index in [4.69, 9.17) is 0 Å². The van der Waals surface area contributed by atoms with Crippen molar-refractivity contribution in [2.45, 2.75) is 19.1 Å². The topological polar surface area (TPSA) is 84.9 Å². The highest BCUT2D eigenvalue weighted by Crippen LogP contribution is 2.17. The Balaban J connectivity index is 2.01. The zero-order chi connectivity index (χ0) is 17.0. The van der Waals surface area contributed by atoms with Crippen LogP contribution in [0.3, 0.4) is 0 Å². The normalized spacial score (nSPS) is 20.7. The van der Waals surface area contributed by atoms with Gasteiger partial charge in [-0.15, -0.1) is 0 Å².